The number of nitrogens with zero attached hydrogens (tertiary/aromatic N) is 2. The van der Waals surface area contributed by atoms with Gasteiger partial charge in [-0.05, 0) is 19.1 Å². The molecule has 8 heteroatoms. The number of hydrazine groups is 1. The Bertz CT molecular complexity index is 603. The summed E-state index contributed by atoms with van der Waals surface area (Å²) < 4.78 is 32.4. The second-order valence-electron chi connectivity index (χ2n) is 4.06. The fraction of sp³-hybridized carbons (Fsp3) is 0.231. The van der Waals surface area contributed by atoms with Crippen LogP contribution in [0.1, 0.15) is 12.7 Å². The van der Waals surface area contributed by atoms with Crippen LogP contribution in [0.4, 0.5) is 26.1 Å². The fourth-order valence-electron chi connectivity index (χ4n) is 1.64. The number of anilines is 3. The summed E-state index contributed by atoms with van der Waals surface area (Å²) in [4.78, 5) is 8.20. The minimum Gasteiger partial charge on any atom is -0.374 e. The number of para-hydroxylation sites is 1. The van der Waals surface area contributed by atoms with E-state index < -0.39 is 11.6 Å². The highest BCUT2D eigenvalue weighted by Crippen LogP contribution is 2.23. The van der Waals surface area contributed by atoms with E-state index in [9.17, 15) is 8.78 Å². The molecule has 1 aromatic heterocycles. The van der Waals surface area contributed by atoms with E-state index >= 15 is 0 Å². The molecule has 0 aliphatic carbocycles. The lowest BCUT2D eigenvalue weighted by atomic mass is 10.3. The van der Waals surface area contributed by atoms with Crippen LogP contribution in [0.3, 0.4) is 0 Å². The van der Waals surface area contributed by atoms with Crippen molar-refractivity contribution in [2.45, 2.75) is 13.5 Å². The summed E-state index contributed by atoms with van der Waals surface area (Å²) in [5.41, 5.74) is 2.07. The molecule has 0 aliphatic heterocycles. The molecule has 0 bridgehead atoms. The van der Waals surface area contributed by atoms with Gasteiger partial charge in [0, 0.05) is 12.7 Å². The number of ether oxygens (including phenoxy) is 1. The van der Waals surface area contributed by atoms with Crippen molar-refractivity contribution in [3.05, 3.63) is 41.7 Å². The van der Waals surface area contributed by atoms with Gasteiger partial charge in [0.05, 0.1) is 0 Å². The van der Waals surface area contributed by atoms with Gasteiger partial charge in [0.1, 0.15) is 35.6 Å². The molecule has 0 unspecified atom stereocenters. The molecule has 112 valence electrons. The van der Waals surface area contributed by atoms with E-state index in [1.54, 1.807) is 0 Å². The molecule has 0 amide bonds. The number of nitrogens with two attached hydrogens (primary N) is 1. The van der Waals surface area contributed by atoms with Crippen LogP contribution < -0.4 is 16.6 Å². The van der Waals surface area contributed by atoms with Gasteiger partial charge in [-0.3, -0.25) is 0 Å². The second kappa shape index (κ2) is 6.91. The van der Waals surface area contributed by atoms with Crippen LogP contribution in [0, 0.1) is 11.6 Å². The number of nitrogen functional groups attached to an aromatic ring is 1. The number of benzene rings is 1. The molecule has 0 radical (unpaired) electrons. The topological polar surface area (TPSA) is 85.1 Å². The Labute approximate surface area is 120 Å². The molecule has 0 fully saturated rings. The fourth-order valence-corrected chi connectivity index (χ4v) is 1.64. The van der Waals surface area contributed by atoms with E-state index in [1.165, 1.54) is 12.1 Å². The lowest BCUT2D eigenvalue weighted by Gasteiger charge is -2.11. The standard InChI is InChI=1S/C13H15F2N5O/c1-2-21-7-12-17-10(6-11(18-12)20-16)19-13-8(14)4-3-5-9(13)15/h3-6H,2,7,16H2,1H3,(H2,17,18,19,20). The Kier molecular flexibility index (Phi) is 4.96. The molecule has 6 nitrogen and oxygen atoms in total. The summed E-state index contributed by atoms with van der Waals surface area (Å²) in [5, 5.41) is 2.58. The molecule has 0 spiro atoms. The first-order valence-corrected chi connectivity index (χ1v) is 6.27. The number of hydrogen-bond acceptors (Lipinski definition) is 6. The highest BCUT2D eigenvalue weighted by atomic mass is 19.1. The van der Waals surface area contributed by atoms with E-state index in [2.05, 4.69) is 20.7 Å². The molecule has 2 rings (SSSR count). The van der Waals surface area contributed by atoms with Gasteiger partial charge < -0.3 is 15.5 Å². The third-order valence-corrected chi connectivity index (χ3v) is 2.57. The summed E-state index contributed by atoms with van der Waals surface area (Å²) in [6, 6.07) is 5.01. The Morgan fingerprint density at radius 2 is 1.86 bits per heavy atom. The summed E-state index contributed by atoms with van der Waals surface area (Å²) in [5.74, 6) is 4.72. The second-order valence-corrected chi connectivity index (χ2v) is 4.06. The average molecular weight is 295 g/mol. The van der Waals surface area contributed by atoms with Crippen molar-refractivity contribution < 1.29 is 13.5 Å². The van der Waals surface area contributed by atoms with E-state index in [4.69, 9.17) is 10.6 Å². The normalized spacial score (nSPS) is 10.5. The van der Waals surface area contributed by atoms with Crippen LogP contribution in [0.15, 0.2) is 24.3 Å². The van der Waals surface area contributed by atoms with E-state index in [1.807, 2.05) is 6.92 Å². The predicted molar refractivity (Wildman–Crippen MR) is 74.8 cm³/mol. The molecule has 4 N–H and O–H groups in total. The van der Waals surface area contributed by atoms with Gasteiger partial charge in [0.2, 0.25) is 0 Å². The Morgan fingerprint density at radius 3 is 2.48 bits per heavy atom. The lowest BCUT2D eigenvalue weighted by Crippen LogP contribution is -2.12. The molecule has 1 aromatic carbocycles. The zero-order valence-electron chi connectivity index (χ0n) is 11.4. The first-order valence-electron chi connectivity index (χ1n) is 6.27. The van der Waals surface area contributed by atoms with E-state index in [0.29, 0.717) is 18.2 Å². The van der Waals surface area contributed by atoms with Crippen molar-refractivity contribution in [3.63, 3.8) is 0 Å². The Hall–Kier alpha value is -2.32. The summed E-state index contributed by atoms with van der Waals surface area (Å²) in [7, 11) is 0. The van der Waals surface area contributed by atoms with Gasteiger partial charge in [0.15, 0.2) is 5.82 Å². The third-order valence-electron chi connectivity index (χ3n) is 2.57. The molecule has 1 heterocycles. The van der Waals surface area contributed by atoms with Gasteiger partial charge in [-0.2, -0.15) is 0 Å². The maximum Gasteiger partial charge on any atom is 0.158 e. The molecule has 21 heavy (non-hydrogen) atoms. The summed E-state index contributed by atoms with van der Waals surface area (Å²) in [6.07, 6.45) is 0. The van der Waals surface area contributed by atoms with Crippen LogP contribution in [-0.4, -0.2) is 16.6 Å². The average Bonchev–Trinajstić information content (AvgIpc) is 2.49. The van der Waals surface area contributed by atoms with Crippen molar-refractivity contribution in [1.82, 2.24) is 9.97 Å². The van der Waals surface area contributed by atoms with Crippen LogP contribution in [0.5, 0.6) is 0 Å². The lowest BCUT2D eigenvalue weighted by molar-refractivity contribution is 0.128. The molecule has 0 aliphatic rings. The number of hydrogen-bond donors (Lipinski definition) is 3. The molecular weight excluding hydrogens is 280 g/mol. The van der Waals surface area contributed by atoms with Gasteiger partial charge in [-0.25, -0.2) is 24.6 Å². The van der Waals surface area contributed by atoms with Crippen LogP contribution in [-0.2, 0) is 11.3 Å². The first kappa shape index (κ1) is 15.1. The van der Waals surface area contributed by atoms with E-state index in [-0.39, 0.29) is 18.1 Å². The van der Waals surface area contributed by atoms with Crippen molar-refractivity contribution >= 4 is 17.3 Å². The SMILES string of the molecule is CCOCc1nc(NN)cc(Nc2c(F)cccc2F)n1. The highest BCUT2D eigenvalue weighted by molar-refractivity contribution is 5.60. The van der Waals surface area contributed by atoms with Gasteiger partial charge in [0.25, 0.3) is 0 Å². The van der Waals surface area contributed by atoms with Crippen LogP contribution in [0.25, 0.3) is 0 Å². The zero-order valence-corrected chi connectivity index (χ0v) is 11.4. The highest BCUT2D eigenvalue weighted by Gasteiger charge is 2.11. The van der Waals surface area contributed by atoms with Gasteiger partial charge in [-0.1, -0.05) is 6.07 Å². The summed E-state index contributed by atoms with van der Waals surface area (Å²) in [6.45, 7) is 2.49. The van der Waals surface area contributed by atoms with Crippen molar-refractivity contribution in [2.75, 3.05) is 17.3 Å². The van der Waals surface area contributed by atoms with Crippen molar-refractivity contribution in [1.29, 1.82) is 0 Å². The zero-order chi connectivity index (χ0) is 15.2. The maximum absolute atomic E-state index is 13.6. The monoisotopic (exact) mass is 295 g/mol. The number of nitrogens with one attached hydrogen (secondary N) is 2. The minimum atomic E-state index is -0.720. The molecular formula is C13H15F2N5O. The largest absolute Gasteiger partial charge is 0.374 e. The number of halogens is 2. The van der Waals surface area contributed by atoms with Gasteiger partial charge in [-0.15, -0.1) is 0 Å². The first-order chi connectivity index (χ1) is 10.1. The third kappa shape index (κ3) is 3.83. The molecule has 0 saturated carbocycles. The van der Waals surface area contributed by atoms with Crippen LogP contribution in [0.2, 0.25) is 0 Å². The van der Waals surface area contributed by atoms with Crippen LogP contribution >= 0.6 is 0 Å². The quantitative estimate of drug-likeness (QED) is 0.560. The minimum absolute atomic E-state index is 0.167. The molecule has 2 aromatic rings. The summed E-state index contributed by atoms with van der Waals surface area (Å²) >= 11 is 0. The molecule has 0 saturated heterocycles. The van der Waals surface area contributed by atoms with Crippen molar-refractivity contribution in [2.24, 2.45) is 5.84 Å². The number of aromatic nitrogens is 2. The Morgan fingerprint density at radius 1 is 1.19 bits per heavy atom. The smallest absolute Gasteiger partial charge is 0.158 e. The predicted octanol–water partition coefficient (Wildman–Crippen LogP) is 2.32. The molecule has 0 atom stereocenters. The Balaban J connectivity index is 2.30. The maximum atomic E-state index is 13.6. The van der Waals surface area contributed by atoms with Gasteiger partial charge >= 0.3 is 0 Å². The van der Waals surface area contributed by atoms with E-state index in [0.717, 1.165) is 12.1 Å². The number of rotatable bonds is 6. The van der Waals surface area contributed by atoms with Crippen molar-refractivity contribution in [3.8, 4) is 0 Å².